The lowest BCUT2D eigenvalue weighted by molar-refractivity contribution is 0.193. The molecule has 4 heterocycles. The van der Waals surface area contributed by atoms with Crippen molar-refractivity contribution in [3.63, 3.8) is 0 Å². The third-order valence-corrected chi connectivity index (χ3v) is 20.2. The number of pyridine rings is 1. The maximum Gasteiger partial charge on any atom is 0.235 e. The highest BCUT2D eigenvalue weighted by molar-refractivity contribution is 7.20. The maximum atomic E-state index is 10.4. The van der Waals surface area contributed by atoms with Crippen molar-refractivity contribution in [2.24, 2.45) is 0 Å². The summed E-state index contributed by atoms with van der Waals surface area (Å²) in [5.74, 6) is -0.736. The van der Waals surface area contributed by atoms with Gasteiger partial charge in [-0.15, -0.1) is 0 Å². The molecule has 10 aromatic rings. The van der Waals surface area contributed by atoms with Crippen LogP contribution < -0.4 is 25.6 Å². The van der Waals surface area contributed by atoms with Crippen LogP contribution >= 0.6 is 0 Å². The Bertz CT molecular complexity index is 5050. The molecule has 1 aliphatic heterocycles. The molecule has 73 heavy (non-hydrogen) atoms. The Labute approximate surface area is 468 Å². The topological polar surface area (TPSA) is 59.7 Å². The standard InChI is InChI=1S/C66H62N6Si/c1-63(2)39-40-64(3,4)58-54(63)43-46(44-57(58)73(48-26-10-7-11-27-48,49-28-12-8-13-29-49)50-30-14-9-15-31-50)60-68-59(69-62(70-60)72-61-53(34-23-41-67-61)65(5)37-20-21-38-66(65,72)6)45-24-22-25-47(42-45)71-55-35-18-16-32-51(55)52-33-17-19-36-56(52)71/h7-19,22-36,41-44H,20-21,37-40H2,1-6H3/i7D,8D,9D,10D,11D,12D,13D,14D,15D,16D,17D,18D,19D,22D,24D,25D,26D,27D,28D,29D,30D,31D,32D,33D,35D,36D,42D. The van der Waals surface area contributed by atoms with Crippen molar-refractivity contribution in [1.29, 1.82) is 0 Å². The van der Waals surface area contributed by atoms with Gasteiger partial charge in [0.2, 0.25) is 5.95 Å². The summed E-state index contributed by atoms with van der Waals surface area (Å²) in [6, 6.07) is -17.4. The van der Waals surface area contributed by atoms with Gasteiger partial charge in [-0.05, 0) is 112 Å². The molecular formula is C66H62N6Si. The number of hydrogen-bond acceptors (Lipinski definition) is 5. The van der Waals surface area contributed by atoms with Gasteiger partial charge < -0.3 is 4.57 Å². The van der Waals surface area contributed by atoms with Crippen LogP contribution in [0, 0.1) is 0 Å². The van der Waals surface area contributed by atoms with E-state index in [1.807, 2.05) is 45.6 Å². The van der Waals surface area contributed by atoms with E-state index in [0.717, 1.165) is 16.6 Å². The molecule has 0 N–H and O–H groups in total. The third kappa shape index (κ3) is 6.80. The zero-order valence-electron chi connectivity index (χ0n) is 67.8. The highest BCUT2D eigenvalue weighted by Gasteiger charge is 2.59. The van der Waals surface area contributed by atoms with Crippen LogP contribution in [0.1, 0.15) is 134 Å². The van der Waals surface area contributed by atoms with Crippen molar-refractivity contribution in [3.05, 3.63) is 210 Å². The Morgan fingerprint density at radius 1 is 0.534 bits per heavy atom. The van der Waals surface area contributed by atoms with Gasteiger partial charge in [-0.3, -0.25) is 4.90 Å². The number of nitrogens with zero attached hydrogens (tertiary/aromatic N) is 6. The first-order chi connectivity index (χ1) is 46.6. The van der Waals surface area contributed by atoms with Gasteiger partial charge in [0.05, 0.1) is 53.6 Å². The Balaban J connectivity index is 1.28. The molecule has 1 fully saturated rings. The van der Waals surface area contributed by atoms with E-state index in [1.165, 1.54) is 6.07 Å². The Kier molecular flexibility index (Phi) is 5.74. The number of anilines is 2. The van der Waals surface area contributed by atoms with Crippen LogP contribution in [0.3, 0.4) is 0 Å². The predicted molar refractivity (Wildman–Crippen MR) is 305 cm³/mol. The fourth-order valence-corrected chi connectivity index (χ4v) is 16.3. The van der Waals surface area contributed by atoms with Gasteiger partial charge >= 0.3 is 0 Å². The fraction of sp³-hybridized carbons (Fsp3) is 0.242. The summed E-state index contributed by atoms with van der Waals surface area (Å²) in [4.78, 5) is 22.4. The summed E-state index contributed by atoms with van der Waals surface area (Å²) in [6.07, 6.45) is 4.92. The second-order valence-electron chi connectivity index (χ2n) is 20.8. The number of hydrogen-bond donors (Lipinski definition) is 0. The SMILES string of the molecule is [2H]c1c([2H])c([2H])c([Si](c2cc(-c3nc(-c4c([2H])c([2H])c([2H])c(-n5c6c([2H])c([2H])c([2H])c([2H])c6c6c([2H])c([2H])c([2H])c([2H])c65)c4[2H])nc(N4c5ncccc5C5(C)CCCCC45C)n3)cc3c2C(C)(C)CCC3(C)C)(c2c([2H])c([2H])c([2H])c([2H])c2[2H])c2c([2H])c([2H])c([2H])c([2H])c2[2H])c([2H])c1[2H]. The van der Waals surface area contributed by atoms with Crippen molar-refractivity contribution in [1.82, 2.24) is 24.5 Å². The molecule has 7 heteroatoms. The largest absolute Gasteiger partial charge is 0.309 e. The molecule has 0 saturated heterocycles. The van der Waals surface area contributed by atoms with E-state index in [9.17, 15) is 24.7 Å². The van der Waals surface area contributed by atoms with Gasteiger partial charge in [0.25, 0.3) is 0 Å². The summed E-state index contributed by atoms with van der Waals surface area (Å²) in [6.45, 7) is 11.5. The molecule has 2 unspecified atom stereocenters. The Morgan fingerprint density at radius 3 is 1.73 bits per heavy atom. The lowest BCUT2D eigenvalue weighted by Crippen LogP contribution is -2.76. The number of aromatic nitrogens is 5. The van der Waals surface area contributed by atoms with E-state index < -0.39 is 247 Å². The molecule has 2 aliphatic carbocycles. The zero-order valence-corrected chi connectivity index (χ0v) is 41.8. The van der Waals surface area contributed by atoms with Gasteiger partial charge in [-0.2, -0.15) is 9.97 Å². The zero-order chi connectivity index (χ0) is 73.2. The first-order valence-electron chi connectivity index (χ1n) is 37.7. The highest BCUT2D eigenvalue weighted by Crippen LogP contribution is 2.59. The minimum atomic E-state index is -5.98. The van der Waals surface area contributed by atoms with Crippen LogP contribution in [0.4, 0.5) is 11.8 Å². The lowest BCUT2D eigenvalue weighted by atomic mass is 9.62. The highest BCUT2D eigenvalue weighted by atomic mass is 28.3. The summed E-state index contributed by atoms with van der Waals surface area (Å²) < 4.78 is 256. The van der Waals surface area contributed by atoms with Crippen molar-refractivity contribution in [2.75, 3.05) is 4.90 Å². The average Bonchev–Trinajstić information content (AvgIpc) is 0.773. The molecule has 0 bridgehead atoms. The second-order valence-corrected chi connectivity index (χ2v) is 24.3. The number of rotatable bonds is 8. The third-order valence-electron chi connectivity index (χ3n) is 16.0. The summed E-state index contributed by atoms with van der Waals surface area (Å²) >= 11 is 0. The average molecular weight is 995 g/mol. The van der Waals surface area contributed by atoms with E-state index in [-0.39, 0.29) is 22.5 Å². The van der Waals surface area contributed by atoms with Crippen molar-refractivity contribution < 1.29 is 37.0 Å². The van der Waals surface area contributed by atoms with Gasteiger partial charge in [0.1, 0.15) is 5.82 Å². The maximum absolute atomic E-state index is 10.4. The van der Waals surface area contributed by atoms with Crippen LogP contribution in [0.25, 0.3) is 50.3 Å². The van der Waals surface area contributed by atoms with Crippen LogP contribution in [-0.2, 0) is 16.2 Å². The van der Waals surface area contributed by atoms with Crippen LogP contribution in [0.2, 0.25) is 0 Å². The molecular weight excluding hydrogens is 905 g/mol. The van der Waals surface area contributed by atoms with Crippen molar-refractivity contribution >= 4 is 62.4 Å². The molecule has 0 spiro atoms. The molecule has 360 valence electrons. The van der Waals surface area contributed by atoms with Gasteiger partial charge in [0, 0.05) is 44.8 Å². The first-order valence-corrected chi connectivity index (χ1v) is 26.2. The molecule has 0 amide bonds. The van der Waals surface area contributed by atoms with Crippen LogP contribution in [0.5, 0.6) is 0 Å². The number of benzene rings is 7. The predicted octanol–water partition coefficient (Wildman–Crippen LogP) is 13.2. The molecule has 7 aromatic carbocycles. The monoisotopic (exact) mass is 994 g/mol. The van der Waals surface area contributed by atoms with Crippen LogP contribution in [0.15, 0.2) is 194 Å². The normalized spacial score (nSPS) is 25.1. The minimum absolute atomic E-state index is 0.0821. The molecule has 3 aliphatic rings. The quantitative estimate of drug-likeness (QED) is 0.112. The summed E-state index contributed by atoms with van der Waals surface area (Å²) in [5.41, 5.74) is -4.72. The molecule has 3 aromatic heterocycles. The molecule has 13 rings (SSSR count). The van der Waals surface area contributed by atoms with Gasteiger partial charge in [-0.25, -0.2) is 9.97 Å². The Hall–Kier alpha value is -7.48. The molecule has 0 radical (unpaired) electrons. The van der Waals surface area contributed by atoms with Crippen molar-refractivity contribution in [3.8, 4) is 28.5 Å². The van der Waals surface area contributed by atoms with Crippen molar-refractivity contribution in [2.45, 2.75) is 102 Å². The van der Waals surface area contributed by atoms with Gasteiger partial charge in [0.15, 0.2) is 19.7 Å². The first kappa shape index (κ1) is 25.0. The van der Waals surface area contributed by atoms with E-state index in [2.05, 4.69) is 6.92 Å². The lowest BCUT2D eigenvalue weighted by Gasteiger charge is -2.49. The molecule has 6 nitrogen and oxygen atoms in total. The van der Waals surface area contributed by atoms with E-state index in [0.29, 0.717) is 49.0 Å². The van der Waals surface area contributed by atoms with Crippen LogP contribution in [-0.4, -0.2) is 38.1 Å². The van der Waals surface area contributed by atoms with E-state index in [4.69, 9.17) is 32.3 Å². The van der Waals surface area contributed by atoms with Gasteiger partial charge in [-0.1, -0.05) is 199 Å². The number of para-hydroxylation sites is 2. The summed E-state index contributed by atoms with van der Waals surface area (Å²) in [5, 5.41) is -3.20. The smallest absolute Gasteiger partial charge is 0.235 e. The molecule has 1 saturated carbocycles. The Morgan fingerprint density at radius 2 is 1.10 bits per heavy atom. The fourth-order valence-electron chi connectivity index (χ4n) is 12.0. The molecule has 2 atom stereocenters. The van der Waals surface area contributed by atoms with E-state index in [1.54, 1.807) is 18.3 Å². The second kappa shape index (κ2) is 16.8. The number of fused-ring (bicyclic) bond motifs is 7. The van der Waals surface area contributed by atoms with E-state index >= 15 is 0 Å². The minimum Gasteiger partial charge on any atom is -0.309 e. The summed E-state index contributed by atoms with van der Waals surface area (Å²) in [7, 11) is -5.98.